The van der Waals surface area contributed by atoms with Crippen LogP contribution in [0.25, 0.3) is 0 Å². The van der Waals surface area contributed by atoms with Crippen LogP contribution in [0.3, 0.4) is 0 Å². The molecule has 7 heteroatoms. The van der Waals surface area contributed by atoms with E-state index in [2.05, 4.69) is 5.32 Å². The van der Waals surface area contributed by atoms with Gasteiger partial charge >= 0.3 is 0 Å². The van der Waals surface area contributed by atoms with Crippen LogP contribution in [0.15, 0.2) is 91.0 Å². The van der Waals surface area contributed by atoms with E-state index in [1.54, 1.807) is 30.3 Å². The number of carbonyl (C=O) groups is 1. The first-order chi connectivity index (χ1) is 22.6. The smallest absolute Gasteiger partial charge is 0.224 e. The van der Waals surface area contributed by atoms with Crippen molar-refractivity contribution in [3.05, 3.63) is 119 Å². The number of benzene rings is 4. The van der Waals surface area contributed by atoms with Crippen LogP contribution in [0.2, 0.25) is 0 Å². The summed E-state index contributed by atoms with van der Waals surface area (Å²) in [4.78, 5) is 13.1. The normalized spacial score (nSPS) is 14.5. The summed E-state index contributed by atoms with van der Waals surface area (Å²) in [6.45, 7) is -2.75. The van der Waals surface area contributed by atoms with Crippen LogP contribution in [0.4, 0.5) is 0 Å². The van der Waals surface area contributed by atoms with E-state index in [1.165, 1.54) is 24.3 Å². The van der Waals surface area contributed by atoms with Crippen LogP contribution in [-0.2, 0) is 37.5 Å². The molecule has 7 nitrogen and oxygen atoms in total. The molecule has 1 amide bonds. The Hall–Kier alpha value is -4.49. The highest BCUT2D eigenvalue weighted by atomic mass is 16.5. The van der Waals surface area contributed by atoms with E-state index in [4.69, 9.17) is 29.9 Å². The van der Waals surface area contributed by atoms with Gasteiger partial charge in [0.2, 0.25) is 5.91 Å². The highest BCUT2D eigenvalue weighted by molar-refractivity contribution is 5.79. The molecule has 0 saturated carbocycles. The Morgan fingerprint density at radius 3 is 2.12 bits per heavy atom. The van der Waals surface area contributed by atoms with Crippen molar-refractivity contribution in [3.63, 3.8) is 0 Å². The second-order valence-corrected chi connectivity index (χ2v) is 8.80. The van der Waals surface area contributed by atoms with Gasteiger partial charge in [-0.3, -0.25) is 4.79 Å². The standard InChI is InChI=1S/C33H35NO6/c1-37-30-16-14-27(28(21-35)33(30)40-23-26-11-7-4-8-12-26)20-32(36)34-18-17-24-13-15-29(31(19-24)38-2)39-22-25-9-5-3-6-10-25/h3-16,19,35H,17-18,20-23H2,1-2H3,(H,34,36)/i1D3,2D3,18D2. The lowest BCUT2D eigenvalue weighted by Gasteiger charge is -2.17. The highest BCUT2D eigenvalue weighted by Gasteiger charge is 2.17. The molecule has 0 fully saturated rings. The first-order valence-electron chi connectivity index (χ1n) is 16.5. The van der Waals surface area contributed by atoms with Crippen molar-refractivity contribution >= 4 is 5.91 Å². The number of carbonyl (C=O) groups excluding carboxylic acids is 1. The Bertz CT molecular complexity index is 1660. The maximum absolute atomic E-state index is 13.1. The Balaban J connectivity index is 1.50. The van der Waals surface area contributed by atoms with Crippen LogP contribution >= 0.6 is 0 Å². The molecule has 0 radical (unpaired) electrons. The van der Waals surface area contributed by atoms with Crippen LogP contribution in [0.5, 0.6) is 23.0 Å². The Morgan fingerprint density at radius 1 is 0.800 bits per heavy atom. The van der Waals surface area contributed by atoms with Gasteiger partial charge in [0.15, 0.2) is 23.0 Å². The fourth-order valence-electron chi connectivity index (χ4n) is 4.01. The first-order valence-corrected chi connectivity index (χ1v) is 12.5. The van der Waals surface area contributed by atoms with E-state index in [1.807, 2.05) is 36.4 Å². The molecule has 0 saturated heterocycles. The third kappa shape index (κ3) is 7.77. The monoisotopic (exact) mass is 549 g/mol. The molecule has 0 aliphatic heterocycles. The molecule has 40 heavy (non-hydrogen) atoms. The van der Waals surface area contributed by atoms with Gasteiger partial charge in [0.1, 0.15) is 13.2 Å². The number of amides is 1. The summed E-state index contributed by atoms with van der Waals surface area (Å²) in [6.07, 6.45) is -0.733. The zero-order valence-corrected chi connectivity index (χ0v) is 21.7. The summed E-state index contributed by atoms with van der Waals surface area (Å²) in [5.74, 6) is -0.908. The van der Waals surface area contributed by atoms with Gasteiger partial charge < -0.3 is 29.4 Å². The molecule has 0 aliphatic carbocycles. The van der Waals surface area contributed by atoms with Crippen LogP contribution in [-0.4, -0.2) is 31.6 Å². The third-order valence-electron chi connectivity index (χ3n) is 6.04. The Kier molecular flexibility index (Phi) is 7.14. The van der Waals surface area contributed by atoms with Crippen molar-refractivity contribution in [2.24, 2.45) is 0 Å². The van der Waals surface area contributed by atoms with E-state index >= 15 is 0 Å². The molecular formula is C33H35NO6. The molecule has 0 spiro atoms. The van der Waals surface area contributed by atoms with Gasteiger partial charge in [-0.15, -0.1) is 0 Å². The Morgan fingerprint density at radius 2 is 1.45 bits per heavy atom. The lowest BCUT2D eigenvalue weighted by atomic mass is 10.0. The van der Waals surface area contributed by atoms with Gasteiger partial charge in [-0.05, 0) is 46.9 Å². The van der Waals surface area contributed by atoms with Gasteiger partial charge in [-0.1, -0.05) is 72.8 Å². The third-order valence-corrected chi connectivity index (χ3v) is 6.04. The number of aliphatic hydroxyl groups excluding tert-OH is 1. The number of aliphatic hydroxyl groups is 1. The van der Waals surface area contributed by atoms with Crippen LogP contribution in [0, 0.1) is 0 Å². The number of aryl methyl sites for hydroxylation is 1. The predicted octanol–water partition coefficient (Wildman–Crippen LogP) is 5.26. The summed E-state index contributed by atoms with van der Waals surface area (Å²) in [5.41, 5.74) is 2.31. The zero-order chi connectivity index (χ0) is 35.0. The summed E-state index contributed by atoms with van der Waals surface area (Å²) in [6, 6.07) is 25.3. The molecule has 4 rings (SSSR count). The molecule has 4 aromatic carbocycles. The fraction of sp³-hybridized carbons (Fsp3) is 0.242. The number of rotatable bonds is 14. The highest BCUT2D eigenvalue weighted by Crippen LogP contribution is 2.35. The quantitative estimate of drug-likeness (QED) is 0.223. The minimum absolute atomic E-state index is 0.0208. The molecule has 0 unspecified atom stereocenters. The SMILES string of the molecule is [2H]C([2H])(Cc1ccc(OCc2ccccc2)c(OC([2H])([2H])[2H])c1)NC(=O)Cc1ccc(OC([2H])([2H])[2H])c(OCc2ccccc2)c1CO. The molecule has 0 bridgehead atoms. The van der Waals surface area contributed by atoms with Crippen molar-refractivity contribution < 1.29 is 39.8 Å². The molecule has 208 valence electrons. The summed E-state index contributed by atoms with van der Waals surface area (Å²) in [5, 5.41) is 12.6. The van der Waals surface area contributed by atoms with Gasteiger partial charge in [0, 0.05) is 14.8 Å². The molecule has 0 aliphatic rings. The topological polar surface area (TPSA) is 86.3 Å². The van der Waals surface area contributed by atoms with Crippen LogP contribution < -0.4 is 24.3 Å². The maximum Gasteiger partial charge on any atom is 0.224 e. The molecule has 4 aromatic rings. The van der Waals surface area contributed by atoms with E-state index in [0.717, 1.165) is 11.1 Å². The van der Waals surface area contributed by atoms with Crippen molar-refractivity contribution in [3.8, 4) is 23.0 Å². The summed E-state index contributed by atoms with van der Waals surface area (Å²) >= 11 is 0. The van der Waals surface area contributed by atoms with Gasteiger partial charge in [-0.25, -0.2) is 0 Å². The van der Waals surface area contributed by atoms with E-state index < -0.39 is 33.1 Å². The van der Waals surface area contributed by atoms with E-state index in [-0.39, 0.29) is 60.2 Å². The van der Waals surface area contributed by atoms with Crippen molar-refractivity contribution in [2.75, 3.05) is 20.6 Å². The summed E-state index contributed by atoms with van der Waals surface area (Å²) in [7, 11) is -5.61. The molecule has 0 atom stereocenters. The Labute approximate surface area is 246 Å². The van der Waals surface area contributed by atoms with Crippen molar-refractivity contribution in [1.29, 1.82) is 0 Å². The largest absolute Gasteiger partial charge is 0.493 e. The van der Waals surface area contributed by atoms with Gasteiger partial charge in [0.25, 0.3) is 0 Å². The summed E-state index contributed by atoms with van der Waals surface area (Å²) < 4.78 is 84.1. The van der Waals surface area contributed by atoms with Crippen molar-refractivity contribution in [1.82, 2.24) is 5.32 Å². The second-order valence-electron chi connectivity index (χ2n) is 8.80. The molecule has 0 aromatic heterocycles. The lowest BCUT2D eigenvalue weighted by Crippen LogP contribution is -2.27. The number of hydrogen-bond acceptors (Lipinski definition) is 6. The van der Waals surface area contributed by atoms with Crippen LogP contribution in [0.1, 0.15) is 38.8 Å². The number of ether oxygens (including phenoxy) is 4. The second kappa shape index (κ2) is 14.6. The first kappa shape index (κ1) is 19.6. The minimum atomic E-state index is -2.81. The number of methoxy groups -OCH3 is 2. The average molecular weight is 550 g/mol. The predicted molar refractivity (Wildman–Crippen MR) is 154 cm³/mol. The van der Waals surface area contributed by atoms with Crippen molar-refractivity contribution in [2.45, 2.75) is 32.7 Å². The minimum Gasteiger partial charge on any atom is -0.493 e. The fourth-order valence-corrected chi connectivity index (χ4v) is 4.01. The zero-order valence-electron chi connectivity index (χ0n) is 29.7. The van der Waals surface area contributed by atoms with Gasteiger partial charge in [0.05, 0.1) is 35.3 Å². The molecular weight excluding hydrogens is 506 g/mol. The van der Waals surface area contributed by atoms with E-state index in [0.29, 0.717) is 5.56 Å². The molecule has 2 N–H and O–H groups in total. The molecule has 0 heterocycles. The van der Waals surface area contributed by atoms with Gasteiger partial charge in [-0.2, -0.15) is 0 Å². The average Bonchev–Trinajstić information content (AvgIpc) is 2.99. The number of nitrogens with one attached hydrogen (secondary N) is 1. The van der Waals surface area contributed by atoms with E-state index in [9.17, 15) is 9.90 Å². The lowest BCUT2D eigenvalue weighted by molar-refractivity contribution is -0.120. The maximum atomic E-state index is 13.1. The number of hydrogen-bond donors (Lipinski definition) is 2.